The van der Waals surface area contributed by atoms with E-state index in [9.17, 15) is 0 Å². The van der Waals surface area contributed by atoms with Gasteiger partial charge in [0.2, 0.25) is 0 Å². The van der Waals surface area contributed by atoms with Crippen molar-refractivity contribution in [1.82, 2.24) is 5.32 Å². The van der Waals surface area contributed by atoms with Crippen LogP contribution in [-0.4, -0.2) is 6.04 Å². The number of benzene rings is 1. The molecule has 2 atom stereocenters. The number of nitrogens with one attached hydrogen (secondary N) is 1. The minimum Gasteiger partial charge on any atom is -0.309 e. The Hall–Kier alpha value is -1.12. The third-order valence-corrected chi connectivity index (χ3v) is 5.36. The molecule has 2 unspecified atom stereocenters. The molecule has 0 spiro atoms. The molecule has 0 saturated heterocycles. The van der Waals surface area contributed by atoms with Gasteiger partial charge in [0.15, 0.2) is 0 Å². The molecule has 1 saturated carbocycles. The molecular weight excluding hydrogens is 262 g/mol. The molecule has 0 bridgehead atoms. The summed E-state index contributed by atoms with van der Waals surface area (Å²) in [7, 11) is 0. The van der Waals surface area contributed by atoms with Gasteiger partial charge in [-0.15, -0.1) is 11.3 Å². The molecular formula is C18H23NS. The van der Waals surface area contributed by atoms with Gasteiger partial charge in [-0.05, 0) is 36.5 Å². The van der Waals surface area contributed by atoms with E-state index in [1.165, 1.54) is 41.0 Å². The van der Waals surface area contributed by atoms with Crippen molar-refractivity contribution in [1.29, 1.82) is 0 Å². The lowest BCUT2D eigenvalue weighted by Crippen LogP contribution is -2.32. The average Bonchev–Trinajstić information content (AvgIpc) is 2.95. The summed E-state index contributed by atoms with van der Waals surface area (Å²) in [6.07, 6.45) is 5.49. The first kappa shape index (κ1) is 13.8. The zero-order valence-corrected chi connectivity index (χ0v) is 13.0. The van der Waals surface area contributed by atoms with Gasteiger partial charge in [0.1, 0.15) is 0 Å². The van der Waals surface area contributed by atoms with Gasteiger partial charge >= 0.3 is 0 Å². The van der Waals surface area contributed by atoms with Crippen LogP contribution in [0.3, 0.4) is 0 Å². The molecule has 0 aliphatic heterocycles. The van der Waals surface area contributed by atoms with Crippen LogP contribution in [0.5, 0.6) is 0 Å². The third-order valence-electron chi connectivity index (χ3n) is 4.22. The first-order valence-corrected chi connectivity index (χ1v) is 8.50. The molecule has 1 aliphatic rings. The lowest BCUT2D eigenvalue weighted by molar-refractivity contribution is 0.301. The summed E-state index contributed by atoms with van der Waals surface area (Å²) in [5, 5.41) is 3.74. The van der Waals surface area contributed by atoms with E-state index < -0.39 is 0 Å². The summed E-state index contributed by atoms with van der Waals surface area (Å²) < 4.78 is 0. The lowest BCUT2D eigenvalue weighted by atomic mass is 9.87. The predicted octanol–water partition coefficient (Wildman–Crippen LogP) is 5.08. The third kappa shape index (κ3) is 3.50. The first-order chi connectivity index (χ1) is 9.81. The summed E-state index contributed by atoms with van der Waals surface area (Å²) in [4.78, 5) is 2.82. The maximum absolute atomic E-state index is 3.74. The highest BCUT2D eigenvalue weighted by atomic mass is 32.1. The molecule has 20 heavy (non-hydrogen) atoms. The fourth-order valence-electron chi connectivity index (χ4n) is 3.09. The van der Waals surface area contributed by atoms with Crippen LogP contribution >= 0.6 is 11.3 Å². The topological polar surface area (TPSA) is 12.0 Å². The second-order valence-electron chi connectivity index (χ2n) is 5.98. The number of rotatable bonds is 4. The molecule has 2 heteroatoms. The van der Waals surface area contributed by atoms with E-state index in [1.807, 2.05) is 11.3 Å². The number of hydrogen-bond acceptors (Lipinski definition) is 2. The van der Waals surface area contributed by atoms with Crippen LogP contribution in [-0.2, 0) is 6.54 Å². The van der Waals surface area contributed by atoms with Crippen LogP contribution < -0.4 is 5.32 Å². The second kappa shape index (κ2) is 6.55. The quantitative estimate of drug-likeness (QED) is 0.825. The van der Waals surface area contributed by atoms with Crippen molar-refractivity contribution in [3.8, 4) is 10.4 Å². The highest BCUT2D eigenvalue weighted by Crippen LogP contribution is 2.28. The highest BCUT2D eigenvalue weighted by Gasteiger charge is 2.18. The lowest BCUT2D eigenvalue weighted by Gasteiger charge is -2.27. The zero-order valence-electron chi connectivity index (χ0n) is 12.1. The normalized spacial score (nSPS) is 22.9. The van der Waals surface area contributed by atoms with E-state index in [4.69, 9.17) is 0 Å². The van der Waals surface area contributed by atoms with Crippen LogP contribution in [0.15, 0.2) is 42.5 Å². The van der Waals surface area contributed by atoms with Crippen molar-refractivity contribution in [3.63, 3.8) is 0 Å². The average molecular weight is 285 g/mol. The zero-order chi connectivity index (χ0) is 13.8. The van der Waals surface area contributed by atoms with Gasteiger partial charge in [-0.25, -0.2) is 0 Å². The van der Waals surface area contributed by atoms with E-state index in [1.54, 1.807) is 0 Å². The fourth-order valence-corrected chi connectivity index (χ4v) is 4.06. The standard InChI is InChI=1S/C18H23NS/c1-14-6-5-9-16(12-14)19-13-17-10-11-18(20-17)15-7-3-2-4-8-15/h2-4,7-8,10-11,14,16,19H,5-6,9,12-13H2,1H3. The first-order valence-electron chi connectivity index (χ1n) is 7.69. The van der Waals surface area contributed by atoms with E-state index >= 15 is 0 Å². The van der Waals surface area contributed by atoms with Crippen LogP contribution in [0.1, 0.15) is 37.5 Å². The summed E-state index contributed by atoms with van der Waals surface area (Å²) in [5.41, 5.74) is 1.33. The number of hydrogen-bond donors (Lipinski definition) is 1. The highest BCUT2D eigenvalue weighted by molar-refractivity contribution is 7.15. The van der Waals surface area contributed by atoms with Crippen LogP contribution in [0.2, 0.25) is 0 Å². The minimum atomic E-state index is 0.723. The SMILES string of the molecule is CC1CCCC(NCc2ccc(-c3ccccc3)s2)C1. The van der Waals surface area contributed by atoms with E-state index in [-0.39, 0.29) is 0 Å². The molecule has 1 fully saturated rings. The Morgan fingerprint density at radius 3 is 2.75 bits per heavy atom. The van der Waals surface area contributed by atoms with Crippen molar-refractivity contribution in [3.05, 3.63) is 47.3 Å². The Morgan fingerprint density at radius 1 is 1.10 bits per heavy atom. The summed E-state index contributed by atoms with van der Waals surface area (Å²) in [6.45, 7) is 3.40. The molecule has 1 aromatic carbocycles. The van der Waals surface area contributed by atoms with Crippen molar-refractivity contribution < 1.29 is 0 Å². The Kier molecular flexibility index (Phi) is 4.54. The van der Waals surface area contributed by atoms with Crippen molar-refractivity contribution in [2.45, 2.75) is 45.2 Å². The Bertz CT molecular complexity index is 531. The van der Waals surface area contributed by atoms with Crippen LogP contribution in [0.4, 0.5) is 0 Å². The smallest absolute Gasteiger partial charge is 0.0346 e. The van der Waals surface area contributed by atoms with Crippen LogP contribution in [0, 0.1) is 5.92 Å². The monoisotopic (exact) mass is 285 g/mol. The summed E-state index contributed by atoms with van der Waals surface area (Å²) in [5.74, 6) is 0.893. The van der Waals surface area contributed by atoms with E-state index in [2.05, 4.69) is 54.7 Å². The molecule has 0 amide bonds. The van der Waals surface area contributed by atoms with Gasteiger partial charge < -0.3 is 5.32 Å². The van der Waals surface area contributed by atoms with Gasteiger partial charge in [-0.2, -0.15) is 0 Å². The second-order valence-corrected chi connectivity index (χ2v) is 7.15. The van der Waals surface area contributed by atoms with Crippen molar-refractivity contribution in [2.24, 2.45) is 5.92 Å². The summed E-state index contributed by atoms with van der Waals surface area (Å²) >= 11 is 1.91. The predicted molar refractivity (Wildman–Crippen MR) is 88.0 cm³/mol. The number of thiophene rings is 1. The van der Waals surface area contributed by atoms with Gasteiger partial charge in [0.05, 0.1) is 0 Å². The van der Waals surface area contributed by atoms with Crippen LogP contribution in [0.25, 0.3) is 10.4 Å². The molecule has 1 aromatic heterocycles. The summed E-state index contributed by atoms with van der Waals surface area (Å²) in [6, 6.07) is 15.9. The van der Waals surface area contributed by atoms with E-state index in [0.717, 1.165) is 18.5 Å². The molecule has 1 N–H and O–H groups in total. The Balaban J connectivity index is 1.58. The minimum absolute atomic E-state index is 0.723. The van der Waals surface area contributed by atoms with Gasteiger partial charge in [-0.3, -0.25) is 0 Å². The Morgan fingerprint density at radius 2 is 1.95 bits per heavy atom. The molecule has 1 aliphatic carbocycles. The molecule has 1 nitrogen and oxygen atoms in total. The largest absolute Gasteiger partial charge is 0.309 e. The van der Waals surface area contributed by atoms with Gasteiger partial charge in [0.25, 0.3) is 0 Å². The molecule has 1 heterocycles. The van der Waals surface area contributed by atoms with Gasteiger partial charge in [0, 0.05) is 22.3 Å². The molecule has 3 rings (SSSR count). The van der Waals surface area contributed by atoms with Crippen molar-refractivity contribution >= 4 is 11.3 Å². The fraction of sp³-hybridized carbons (Fsp3) is 0.444. The van der Waals surface area contributed by atoms with E-state index in [0.29, 0.717) is 0 Å². The van der Waals surface area contributed by atoms with Gasteiger partial charge in [-0.1, -0.05) is 50.1 Å². The maximum atomic E-state index is 3.74. The Labute approximate surface area is 126 Å². The van der Waals surface area contributed by atoms with Crippen molar-refractivity contribution in [2.75, 3.05) is 0 Å². The molecule has 0 radical (unpaired) electrons. The molecule has 106 valence electrons. The molecule has 2 aromatic rings. The maximum Gasteiger partial charge on any atom is 0.0346 e.